The third kappa shape index (κ3) is 3.73. The maximum Gasteiger partial charge on any atom is 0.243 e. The second-order valence-electron chi connectivity index (χ2n) is 5.35. The molecule has 1 heterocycles. The van der Waals surface area contributed by atoms with E-state index in [4.69, 9.17) is 4.52 Å². The molecule has 1 aromatic carbocycles. The monoisotopic (exact) mass is 337 g/mol. The first kappa shape index (κ1) is 17.5. The van der Waals surface area contributed by atoms with Crippen molar-refractivity contribution < 1.29 is 12.9 Å². The lowest BCUT2D eigenvalue weighted by Gasteiger charge is -2.20. The van der Waals surface area contributed by atoms with Gasteiger partial charge in [0.05, 0.1) is 11.4 Å². The van der Waals surface area contributed by atoms with Gasteiger partial charge in [-0.1, -0.05) is 19.0 Å². The lowest BCUT2D eigenvalue weighted by Crippen LogP contribution is -2.30. The van der Waals surface area contributed by atoms with Crippen molar-refractivity contribution in [3.05, 3.63) is 41.3 Å². The van der Waals surface area contributed by atoms with Gasteiger partial charge >= 0.3 is 0 Å². The van der Waals surface area contributed by atoms with Gasteiger partial charge in [-0.15, -0.1) is 0 Å². The minimum absolute atomic E-state index is 0.312. The standard InChI is InChI=1S/C16H23N3O3S/c1-5-19(6-2)23(20,21)15-9-12(3)13(4)16(10-15)17-11-14-7-8-22-18-14/h7-10,17H,5-6,11H2,1-4H3. The minimum atomic E-state index is -3.48. The Hall–Kier alpha value is -1.86. The van der Waals surface area contributed by atoms with Crippen LogP contribution in [0.5, 0.6) is 0 Å². The average Bonchev–Trinajstić information content (AvgIpc) is 3.02. The first-order valence-corrected chi connectivity index (χ1v) is 9.08. The molecule has 0 aliphatic heterocycles. The summed E-state index contributed by atoms with van der Waals surface area (Å²) in [6, 6.07) is 5.19. The van der Waals surface area contributed by atoms with E-state index in [-0.39, 0.29) is 0 Å². The number of nitrogens with one attached hydrogen (secondary N) is 1. The molecular weight excluding hydrogens is 314 g/mol. The van der Waals surface area contributed by atoms with E-state index in [0.717, 1.165) is 22.5 Å². The molecule has 0 atom stereocenters. The van der Waals surface area contributed by atoms with Crippen LogP contribution in [0.15, 0.2) is 33.9 Å². The van der Waals surface area contributed by atoms with Crippen LogP contribution >= 0.6 is 0 Å². The van der Waals surface area contributed by atoms with E-state index in [0.29, 0.717) is 24.5 Å². The highest BCUT2D eigenvalue weighted by molar-refractivity contribution is 7.89. The number of nitrogens with zero attached hydrogens (tertiary/aromatic N) is 2. The highest BCUT2D eigenvalue weighted by Crippen LogP contribution is 2.26. The molecule has 126 valence electrons. The van der Waals surface area contributed by atoms with E-state index in [9.17, 15) is 8.42 Å². The van der Waals surface area contributed by atoms with Crippen molar-refractivity contribution in [2.24, 2.45) is 0 Å². The average molecular weight is 337 g/mol. The number of aromatic nitrogens is 1. The van der Waals surface area contributed by atoms with Crippen LogP contribution in [0.2, 0.25) is 0 Å². The summed E-state index contributed by atoms with van der Waals surface area (Å²) in [5.41, 5.74) is 3.51. The summed E-state index contributed by atoms with van der Waals surface area (Å²) in [6.45, 7) is 8.94. The maximum atomic E-state index is 12.7. The van der Waals surface area contributed by atoms with Crippen LogP contribution in [-0.2, 0) is 16.6 Å². The second-order valence-corrected chi connectivity index (χ2v) is 7.28. The number of anilines is 1. The van der Waals surface area contributed by atoms with E-state index >= 15 is 0 Å². The molecule has 2 aromatic rings. The molecule has 0 fully saturated rings. The van der Waals surface area contributed by atoms with Gasteiger partial charge in [-0.3, -0.25) is 0 Å². The van der Waals surface area contributed by atoms with Gasteiger partial charge < -0.3 is 9.84 Å². The van der Waals surface area contributed by atoms with Crippen molar-refractivity contribution in [1.29, 1.82) is 0 Å². The highest BCUT2D eigenvalue weighted by Gasteiger charge is 2.23. The summed E-state index contributed by atoms with van der Waals surface area (Å²) >= 11 is 0. The zero-order chi connectivity index (χ0) is 17.0. The predicted molar refractivity (Wildman–Crippen MR) is 89.9 cm³/mol. The fourth-order valence-electron chi connectivity index (χ4n) is 2.39. The fourth-order valence-corrected chi connectivity index (χ4v) is 3.96. The predicted octanol–water partition coefficient (Wildman–Crippen LogP) is 2.93. The summed E-state index contributed by atoms with van der Waals surface area (Å²) in [4.78, 5) is 0.312. The van der Waals surface area contributed by atoms with Crippen LogP contribution in [-0.4, -0.2) is 31.0 Å². The molecule has 0 amide bonds. The Morgan fingerprint density at radius 1 is 1.22 bits per heavy atom. The van der Waals surface area contributed by atoms with E-state index in [1.165, 1.54) is 10.6 Å². The molecule has 23 heavy (non-hydrogen) atoms. The van der Waals surface area contributed by atoms with Gasteiger partial charge in [0.25, 0.3) is 0 Å². The third-order valence-corrected chi connectivity index (χ3v) is 5.96. The first-order chi connectivity index (χ1) is 10.9. The molecule has 0 saturated heterocycles. The van der Waals surface area contributed by atoms with Crippen molar-refractivity contribution in [3.63, 3.8) is 0 Å². The lowest BCUT2D eigenvalue weighted by atomic mass is 10.1. The van der Waals surface area contributed by atoms with E-state index in [1.807, 2.05) is 27.7 Å². The molecule has 0 unspecified atom stereocenters. The Balaban J connectivity index is 2.35. The molecule has 7 heteroatoms. The summed E-state index contributed by atoms with van der Waals surface area (Å²) in [5.74, 6) is 0. The van der Waals surface area contributed by atoms with Crippen molar-refractivity contribution in [3.8, 4) is 0 Å². The van der Waals surface area contributed by atoms with Crippen molar-refractivity contribution >= 4 is 15.7 Å². The quantitative estimate of drug-likeness (QED) is 0.841. The number of aryl methyl sites for hydroxylation is 1. The van der Waals surface area contributed by atoms with Gasteiger partial charge in [-0.05, 0) is 37.1 Å². The van der Waals surface area contributed by atoms with Gasteiger partial charge in [-0.25, -0.2) is 8.42 Å². The number of benzene rings is 1. The van der Waals surface area contributed by atoms with Crippen LogP contribution in [0.1, 0.15) is 30.7 Å². The Bertz CT molecular complexity index is 751. The van der Waals surface area contributed by atoms with E-state index < -0.39 is 10.0 Å². The molecule has 0 saturated carbocycles. The fraction of sp³-hybridized carbons (Fsp3) is 0.438. The normalized spacial score (nSPS) is 11.9. The number of hydrogen-bond donors (Lipinski definition) is 1. The van der Waals surface area contributed by atoms with Crippen molar-refractivity contribution in [2.45, 2.75) is 39.1 Å². The van der Waals surface area contributed by atoms with Crippen LogP contribution < -0.4 is 5.32 Å². The van der Waals surface area contributed by atoms with Crippen LogP contribution in [0.4, 0.5) is 5.69 Å². The van der Waals surface area contributed by atoms with Crippen molar-refractivity contribution in [1.82, 2.24) is 9.46 Å². The molecule has 0 radical (unpaired) electrons. The molecule has 1 N–H and O–H groups in total. The van der Waals surface area contributed by atoms with E-state index in [1.54, 1.807) is 18.2 Å². The highest BCUT2D eigenvalue weighted by atomic mass is 32.2. The lowest BCUT2D eigenvalue weighted by molar-refractivity contribution is 0.412. The Morgan fingerprint density at radius 2 is 1.91 bits per heavy atom. The molecule has 1 aromatic heterocycles. The summed E-state index contributed by atoms with van der Waals surface area (Å²) < 4.78 is 31.7. The number of sulfonamides is 1. The molecule has 6 nitrogen and oxygen atoms in total. The zero-order valence-corrected chi connectivity index (χ0v) is 14.8. The Kier molecular flexibility index (Phi) is 5.43. The second kappa shape index (κ2) is 7.14. The summed E-state index contributed by atoms with van der Waals surface area (Å²) in [7, 11) is -3.48. The number of rotatable bonds is 7. The van der Waals surface area contributed by atoms with Crippen LogP contribution in [0.3, 0.4) is 0 Å². The summed E-state index contributed by atoms with van der Waals surface area (Å²) in [6.07, 6.45) is 1.51. The third-order valence-electron chi connectivity index (χ3n) is 3.94. The molecular formula is C16H23N3O3S. The Labute approximate surface area is 137 Å². The largest absolute Gasteiger partial charge is 0.379 e. The number of hydrogen-bond acceptors (Lipinski definition) is 5. The molecule has 0 aliphatic rings. The van der Waals surface area contributed by atoms with Gasteiger partial charge in [0.1, 0.15) is 12.0 Å². The zero-order valence-electron chi connectivity index (χ0n) is 14.0. The maximum absolute atomic E-state index is 12.7. The van der Waals surface area contributed by atoms with E-state index in [2.05, 4.69) is 10.5 Å². The minimum Gasteiger partial charge on any atom is -0.379 e. The smallest absolute Gasteiger partial charge is 0.243 e. The van der Waals surface area contributed by atoms with Gasteiger partial charge in [0, 0.05) is 24.8 Å². The molecule has 0 spiro atoms. The van der Waals surface area contributed by atoms with Crippen LogP contribution in [0, 0.1) is 13.8 Å². The van der Waals surface area contributed by atoms with Gasteiger partial charge in [0.15, 0.2) is 0 Å². The van der Waals surface area contributed by atoms with Gasteiger partial charge in [0.2, 0.25) is 10.0 Å². The SMILES string of the molecule is CCN(CC)S(=O)(=O)c1cc(C)c(C)c(NCc2ccon2)c1. The summed E-state index contributed by atoms with van der Waals surface area (Å²) in [5, 5.41) is 7.08. The molecule has 2 rings (SSSR count). The van der Waals surface area contributed by atoms with Crippen molar-refractivity contribution in [2.75, 3.05) is 18.4 Å². The van der Waals surface area contributed by atoms with Crippen LogP contribution in [0.25, 0.3) is 0 Å². The molecule has 0 aliphatic carbocycles. The van der Waals surface area contributed by atoms with Gasteiger partial charge in [-0.2, -0.15) is 4.31 Å². The molecule has 0 bridgehead atoms. The topological polar surface area (TPSA) is 75.4 Å². The Morgan fingerprint density at radius 3 is 2.48 bits per heavy atom. The first-order valence-electron chi connectivity index (χ1n) is 7.64.